The summed E-state index contributed by atoms with van der Waals surface area (Å²) in [6.07, 6.45) is 5.32. The summed E-state index contributed by atoms with van der Waals surface area (Å²) >= 11 is 0. The van der Waals surface area contributed by atoms with Gasteiger partial charge in [0.05, 0.1) is 0 Å². The fourth-order valence-corrected chi connectivity index (χ4v) is 6.83. The minimum Gasteiger partial charge on any atom is -0.465 e. The minimum absolute atomic E-state index is 0.0180. The van der Waals surface area contributed by atoms with Gasteiger partial charge in [0.25, 0.3) is 0 Å². The molecule has 1 saturated heterocycles. The number of pyridine rings is 2. The van der Waals surface area contributed by atoms with Crippen molar-refractivity contribution in [1.29, 1.82) is 0 Å². The third-order valence-corrected chi connectivity index (χ3v) is 9.00. The molecule has 0 radical (unpaired) electrons. The van der Waals surface area contributed by atoms with Crippen molar-refractivity contribution in [3.8, 4) is 11.3 Å². The molecule has 2 N–H and O–H groups in total. The summed E-state index contributed by atoms with van der Waals surface area (Å²) in [7, 11) is 0. The second-order valence-electron chi connectivity index (χ2n) is 11.7. The first-order valence-corrected chi connectivity index (χ1v) is 15.8. The Kier molecular flexibility index (Phi) is 7.93. The number of benzene rings is 3. The van der Waals surface area contributed by atoms with Gasteiger partial charge in [-0.25, -0.2) is 19.4 Å². The van der Waals surface area contributed by atoms with E-state index in [1.54, 1.807) is 0 Å². The number of aromatic nitrogens is 4. The maximum absolute atomic E-state index is 11.7. The van der Waals surface area contributed by atoms with Crippen LogP contribution in [0.3, 0.4) is 0 Å². The van der Waals surface area contributed by atoms with Crippen LogP contribution in [0.4, 0.5) is 10.6 Å². The Balaban J connectivity index is 1.45. The average molecular weight is 609 g/mol. The fourth-order valence-electron chi connectivity index (χ4n) is 6.83. The molecule has 3 aromatic carbocycles. The molecule has 6 aromatic rings. The van der Waals surface area contributed by atoms with E-state index in [-0.39, 0.29) is 6.04 Å². The molecule has 1 aliphatic rings. The molecule has 8 heteroatoms. The van der Waals surface area contributed by atoms with Crippen LogP contribution in [0.1, 0.15) is 42.0 Å². The van der Waals surface area contributed by atoms with E-state index >= 15 is 0 Å². The van der Waals surface area contributed by atoms with Gasteiger partial charge in [-0.2, -0.15) is 5.10 Å². The van der Waals surface area contributed by atoms with Crippen LogP contribution in [-0.4, -0.2) is 55.0 Å². The minimum atomic E-state index is -0.885. The SMILES string of the molecule is CCc1cnc(N[C@H]2CCCN(C(=O)O)C2)cc1-c1nn(C(c2ccccc2)(c2ccccc2)c2ccccc2)c2ncccc12. The van der Waals surface area contributed by atoms with Gasteiger partial charge in [-0.05, 0) is 59.7 Å². The first-order valence-electron chi connectivity index (χ1n) is 15.8. The van der Waals surface area contributed by atoms with Crippen LogP contribution in [0.5, 0.6) is 0 Å². The molecule has 0 spiro atoms. The predicted molar refractivity (Wildman–Crippen MR) is 181 cm³/mol. The Labute approximate surface area is 268 Å². The van der Waals surface area contributed by atoms with Crippen LogP contribution < -0.4 is 5.32 Å². The Morgan fingerprint density at radius 1 is 0.891 bits per heavy atom. The summed E-state index contributed by atoms with van der Waals surface area (Å²) < 4.78 is 2.09. The highest BCUT2D eigenvalue weighted by molar-refractivity contribution is 5.93. The number of anilines is 1. The molecule has 0 bridgehead atoms. The molecule has 4 heterocycles. The molecule has 8 nitrogen and oxygen atoms in total. The lowest BCUT2D eigenvalue weighted by atomic mass is 9.77. The van der Waals surface area contributed by atoms with Crippen molar-refractivity contribution < 1.29 is 9.90 Å². The van der Waals surface area contributed by atoms with Crippen molar-refractivity contribution >= 4 is 22.9 Å². The van der Waals surface area contributed by atoms with E-state index in [4.69, 9.17) is 15.1 Å². The maximum atomic E-state index is 11.7. The first kappa shape index (κ1) is 29.2. The van der Waals surface area contributed by atoms with Crippen LogP contribution in [0.15, 0.2) is 122 Å². The molecule has 1 aliphatic heterocycles. The molecule has 1 atom stereocenters. The molecule has 7 rings (SSSR count). The van der Waals surface area contributed by atoms with Crippen LogP contribution in [0, 0.1) is 0 Å². The maximum Gasteiger partial charge on any atom is 0.407 e. The summed E-state index contributed by atoms with van der Waals surface area (Å²) in [6.45, 7) is 3.11. The van der Waals surface area contributed by atoms with Crippen molar-refractivity contribution in [3.05, 3.63) is 144 Å². The van der Waals surface area contributed by atoms with Crippen LogP contribution in [-0.2, 0) is 12.0 Å². The molecular formula is C38H36N6O2. The lowest BCUT2D eigenvalue weighted by Crippen LogP contribution is -2.44. The molecule has 1 fully saturated rings. The van der Waals surface area contributed by atoms with Gasteiger partial charge in [0.15, 0.2) is 5.65 Å². The van der Waals surface area contributed by atoms with Crippen molar-refractivity contribution in [1.82, 2.24) is 24.6 Å². The second-order valence-corrected chi connectivity index (χ2v) is 11.7. The average Bonchev–Trinajstić information content (AvgIpc) is 3.50. The highest BCUT2D eigenvalue weighted by atomic mass is 16.4. The summed E-state index contributed by atoms with van der Waals surface area (Å²) in [5.41, 5.74) is 6.04. The number of nitrogens with zero attached hydrogens (tertiary/aromatic N) is 5. The summed E-state index contributed by atoms with van der Waals surface area (Å²) in [6, 6.07) is 37.6. The number of amides is 1. The van der Waals surface area contributed by atoms with E-state index < -0.39 is 11.6 Å². The summed E-state index contributed by atoms with van der Waals surface area (Å²) in [5, 5.41) is 19.5. The van der Waals surface area contributed by atoms with Crippen molar-refractivity contribution in [3.63, 3.8) is 0 Å². The third-order valence-electron chi connectivity index (χ3n) is 9.00. The number of hydrogen-bond acceptors (Lipinski definition) is 5. The number of piperidine rings is 1. The lowest BCUT2D eigenvalue weighted by Gasteiger charge is -2.36. The summed E-state index contributed by atoms with van der Waals surface area (Å²) in [5.74, 6) is 0.705. The topological polar surface area (TPSA) is 96.2 Å². The molecule has 0 aliphatic carbocycles. The molecule has 0 saturated carbocycles. The number of hydrogen-bond donors (Lipinski definition) is 2. The van der Waals surface area contributed by atoms with Crippen molar-refractivity contribution in [2.45, 2.75) is 37.8 Å². The largest absolute Gasteiger partial charge is 0.465 e. The van der Waals surface area contributed by atoms with E-state index in [1.807, 2.05) is 36.7 Å². The van der Waals surface area contributed by atoms with Gasteiger partial charge in [-0.15, -0.1) is 0 Å². The Bertz CT molecular complexity index is 1860. The highest BCUT2D eigenvalue weighted by Crippen LogP contribution is 2.44. The van der Waals surface area contributed by atoms with Gasteiger partial charge in [-0.1, -0.05) is 97.9 Å². The molecule has 46 heavy (non-hydrogen) atoms. The van der Waals surface area contributed by atoms with E-state index in [1.165, 1.54) is 4.90 Å². The number of nitrogens with one attached hydrogen (secondary N) is 1. The van der Waals surface area contributed by atoms with E-state index in [2.05, 4.69) is 102 Å². The number of likely N-dealkylation sites (tertiary alicyclic amines) is 1. The van der Waals surface area contributed by atoms with Gasteiger partial charge >= 0.3 is 6.09 Å². The number of carbonyl (C=O) groups is 1. The standard InChI is InChI=1S/C38H36N6O2/c1-2-27-25-40-34(41-31-20-13-23-43(26-31)37(45)46)24-33(27)35-32-21-12-22-39-36(32)44(42-35)38(28-14-6-3-7-15-28,29-16-8-4-9-17-29)30-18-10-5-11-19-30/h3-12,14-19,21-22,24-25,31H,2,13,20,23,26H2,1H3,(H,40,41)(H,45,46)/t31-/m0/s1. The number of fused-ring (bicyclic) bond motifs is 1. The lowest BCUT2D eigenvalue weighted by molar-refractivity contribution is 0.133. The zero-order valence-electron chi connectivity index (χ0n) is 25.8. The fraction of sp³-hybridized carbons (Fsp3) is 0.211. The third kappa shape index (κ3) is 5.15. The number of rotatable bonds is 8. The molecular weight excluding hydrogens is 572 g/mol. The zero-order valence-corrected chi connectivity index (χ0v) is 25.8. The van der Waals surface area contributed by atoms with Gasteiger partial charge in [-0.3, -0.25) is 0 Å². The molecule has 1 amide bonds. The zero-order chi connectivity index (χ0) is 31.5. The van der Waals surface area contributed by atoms with Crippen LogP contribution in [0.2, 0.25) is 0 Å². The Morgan fingerprint density at radius 3 is 2.11 bits per heavy atom. The predicted octanol–water partition coefficient (Wildman–Crippen LogP) is 7.45. The van der Waals surface area contributed by atoms with E-state index in [0.29, 0.717) is 18.9 Å². The Hall–Kier alpha value is -5.50. The number of aryl methyl sites for hydroxylation is 1. The van der Waals surface area contributed by atoms with Gasteiger partial charge in [0.2, 0.25) is 0 Å². The van der Waals surface area contributed by atoms with Gasteiger partial charge in [0, 0.05) is 42.5 Å². The van der Waals surface area contributed by atoms with Gasteiger partial charge in [0.1, 0.15) is 17.1 Å². The van der Waals surface area contributed by atoms with E-state index in [9.17, 15) is 9.90 Å². The van der Waals surface area contributed by atoms with Crippen LogP contribution >= 0.6 is 0 Å². The summed E-state index contributed by atoms with van der Waals surface area (Å²) in [4.78, 5) is 22.9. The number of carboxylic acid groups (broad SMARTS) is 1. The smallest absolute Gasteiger partial charge is 0.407 e. The van der Waals surface area contributed by atoms with E-state index in [0.717, 1.165) is 63.8 Å². The van der Waals surface area contributed by atoms with Gasteiger partial charge < -0.3 is 15.3 Å². The first-order chi connectivity index (χ1) is 22.6. The quantitative estimate of drug-likeness (QED) is 0.174. The normalized spacial score (nSPS) is 15.2. The molecule has 0 unspecified atom stereocenters. The molecule has 3 aromatic heterocycles. The van der Waals surface area contributed by atoms with Crippen molar-refractivity contribution in [2.75, 3.05) is 18.4 Å². The Morgan fingerprint density at radius 2 is 1.52 bits per heavy atom. The van der Waals surface area contributed by atoms with Crippen molar-refractivity contribution in [2.24, 2.45) is 0 Å². The second kappa shape index (κ2) is 12.5. The monoisotopic (exact) mass is 608 g/mol. The van der Waals surface area contributed by atoms with Crippen LogP contribution in [0.25, 0.3) is 22.3 Å². The molecule has 230 valence electrons. The highest BCUT2D eigenvalue weighted by Gasteiger charge is 2.41.